The number of benzene rings is 2. The van der Waals surface area contributed by atoms with Crippen LogP contribution in [0.1, 0.15) is 48.2 Å². The van der Waals surface area contributed by atoms with Gasteiger partial charge in [0.25, 0.3) is 5.91 Å². The van der Waals surface area contributed by atoms with Crippen LogP contribution in [0.3, 0.4) is 0 Å². The van der Waals surface area contributed by atoms with Crippen LogP contribution in [0.5, 0.6) is 5.75 Å². The van der Waals surface area contributed by atoms with Crippen LogP contribution in [-0.2, 0) is 0 Å². The lowest BCUT2D eigenvalue weighted by Gasteiger charge is -2.19. The monoisotopic (exact) mass is 514 g/mol. The maximum atomic E-state index is 14.3. The summed E-state index contributed by atoms with van der Waals surface area (Å²) >= 11 is 5.97. The number of halogens is 3. The number of ether oxygens (including phenoxy) is 1. The summed E-state index contributed by atoms with van der Waals surface area (Å²) < 4.78 is 34.0. The first-order valence-corrected chi connectivity index (χ1v) is 12.4. The predicted octanol–water partition coefficient (Wildman–Crippen LogP) is 5.62. The van der Waals surface area contributed by atoms with Gasteiger partial charge in [0.2, 0.25) is 0 Å². The molecule has 3 N–H and O–H groups in total. The second kappa shape index (κ2) is 11.7. The van der Waals surface area contributed by atoms with E-state index in [1.54, 1.807) is 37.4 Å². The summed E-state index contributed by atoms with van der Waals surface area (Å²) in [6, 6.07) is 10.7. The van der Waals surface area contributed by atoms with E-state index < -0.39 is 17.7 Å². The van der Waals surface area contributed by atoms with Crippen molar-refractivity contribution in [1.29, 1.82) is 0 Å². The molecule has 1 aliphatic heterocycles. The van der Waals surface area contributed by atoms with E-state index in [4.69, 9.17) is 22.1 Å². The Labute approximate surface area is 214 Å². The molecule has 0 aliphatic carbocycles. The van der Waals surface area contributed by atoms with Gasteiger partial charge < -0.3 is 20.7 Å². The predicted molar refractivity (Wildman–Crippen MR) is 137 cm³/mol. The lowest BCUT2D eigenvalue weighted by molar-refractivity contribution is 0.0952. The number of carbonyl (C=O) groups excluding carboxylic acids is 1. The highest BCUT2D eigenvalue weighted by atomic mass is 35.5. The van der Waals surface area contributed by atoms with Crippen LogP contribution in [-0.4, -0.2) is 42.0 Å². The van der Waals surface area contributed by atoms with Gasteiger partial charge in [0.05, 0.1) is 5.02 Å². The molecule has 1 aromatic heterocycles. The van der Waals surface area contributed by atoms with Crippen molar-refractivity contribution in [2.75, 3.05) is 31.9 Å². The van der Waals surface area contributed by atoms with Crippen molar-refractivity contribution in [3.05, 3.63) is 76.4 Å². The Morgan fingerprint density at radius 1 is 1.17 bits per heavy atom. The molecule has 1 saturated heterocycles. The molecule has 2 aromatic carbocycles. The number of nitrogens with zero attached hydrogens (tertiary/aromatic N) is 2. The van der Waals surface area contributed by atoms with Crippen LogP contribution in [0.2, 0.25) is 5.02 Å². The Hall–Kier alpha value is -3.23. The summed E-state index contributed by atoms with van der Waals surface area (Å²) in [6.07, 6.45) is 4.04. The summed E-state index contributed by atoms with van der Waals surface area (Å²) in [7, 11) is 0. The second-order valence-electron chi connectivity index (χ2n) is 8.86. The fraction of sp³-hybridized carbons (Fsp3) is 0.333. The molecule has 1 atom stereocenters. The zero-order valence-corrected chi connectivity index (χ0v) is 20.8. The highest BCUT2D eigenvalue weighted by molar-refractivity contribution is 6.31. The normalized spacial score (nSPS) is 14.6. The molecule has 1 aliphatic rings. The van der Waals surface area contributed by atoms with Crippen molar-refractivity contribution in [2.45, 2.75) is 32.3 Å². The minimum Gasteiger partial charge on any atom is -0.482 e. The van der Waals surface area contributed by atoms with Crippen molar-refractivity contribution in [1.82, 2.24) is 15.2 Å². The van der Waals surface area contributed by atoms with Crippen LogP contribution in [0.15, 0.2) is 48.7 Å². The van der Waals surface area contributed by atoms with Gasteiger partial charge in [-0.25, -0.2) is 13.8 Å². The first-order chi connectivity index (χ1) is 17.3. The summed E-state index contributed by atoms with van der Waals surface area (Å²) in [5, 5.41) is 2.63. The number of hydrogen-bond donors (Lipinski definition) is 2. The molecule has 2 heterocycles. The highest BCUT2D eigenvalue weighted by Crippen LogP contribution is 2.34. The smallest absolute Gasteiger partial charge is 0.251 e. The summed E-state index contributed by atoms with van der Waals surface area (Å²) in [5.74, 6) is -1.30. The number of anilines is 1. The van der Waals surface area contributed by atoms with Crippen LogP contribution in [0.25, 0.3) is 11.1 Å². The number of nitrogens with two attached hydrogens (primary N) is 1. The third-order valence-corrected chi connectivity index (χ3v) is 6.65. The lowest BCUT2D eigenvalue weighted by atomic mass is 10.0. The lowest BCUT2D eigenvalue weighted by Crippen LogP contribution is -2.28. The van der Waals surface area contributed by atoms with Crippen molar-refractivity contribution < 1.29 is 18.3 Å². The largest absolute Gasteiger partial charge is 0.482 e. The van der Waals surface area contributed by atoms with Crippen molar-refractivity contribution in [2.24, 2.45) is 0 Å². The minimum atomic E-state index is -0.926. The van der Waals surface area contributed by atoms with Crippen LogP contribution in [0, 0.1) is 11.6 Å². The van der Waals surface area contributed by atoms with Crippen molar-refractivity contribution >= 4 is 23.3 Å². The molecular weight excluding hydrogens is 486 g/mol. The first-order valence-electron chi connectivity index (χ1n) is 12.0. The van der Waals surface area contributed by atoms with E-state index in [1.807, 2.05) is 6.07 Å². The van der Waals surface area contributed by atoms with Crippen LogP contribution >= 0.6 is 11.6 Å². The number of hydrogen-bond acceptors (Lipinski definition) is 5. The van der Waals surface area contributed by atoms with Gasteiger partial charge >= 0.3 is 0 Å². The molecule has 3 aromatic rings. The average Bonchev–Trinajstić information content (AvgIpc) is 3.39. The quantitative estimate of drug-likeness (QED) is 0.286. The topological polar surface area (TPSA) is 80.5 Å². The summed E-state index contributed by atoms with van der Waals surface area (Å²) in [5.41, 5.74) is 7.79. The standard InChI is InChI=1S/C27H29ClF2N4O2/c1-17(24-21(29)8-9-22(30)25(24)28)36-23-15-20(16-33-26(23)31)18-6-4-7-19(14-18)27(35)32-10-5-13-34-11-2-3-12-34/h4,6-9,14-17H,2-3,5,10-13H2,1H3,(H2,31,33)(H,32,35). The molecule has 0 saturated carbocycles. The Morgan fingerprint density at radius 3 is 2.69 bits per heavy atom. The third-order valence-electron chi connectivity index (χ3n) is 6.26. The molecule has 190 valence electrons. The number of likely N-dealkylation sites (tertiary alicyclic amines) is 1. The Bertz CT molecular complexity index is 1230. The number of carbonyl (C=O) groups is 1. The Balaban J connectivity index is 1.45. The summed E-state index contributed by atoms with van der Waals surface area (Å²) in [4.78, 5) is 19.3. The first kappa shape index (κ1) is 25.9. The van der Waals surface area contributed by atoms with E-state index in [1.165, 1.54) is 12.8 Å². The molecule has 0 bridgehead atoms. The van der Waals surface area contributed by atoms with Gasteiger partial charge in [0, 0.05) is 29.4 Å². The molecular formula is C27H29ClF2N4O2. The van der Waals surface area contributed by atoms with Crippen LogP contribution < -0.4 is 15.8 Å². The zero-order valence-electron chi connectivity index (χ0n) is 20.1. The van der Waals surface area contributed by atoms with Crippen molar-refractivity contribution in [3.63, 3.8) is 0 Å². The minimum absolute atomic E-state index is 0.0884. The van der Waals surface area contributed by atoms with E-state index in [-0.39, 0.29) is 28.1 Å². The van der Waals surface area contributed by atoms with E-state index in [0.717, 1.165) is 43.8 Å². The molecule has 0 radical (unpaired) electrons. The number of nitrogen functional groups attached to an aromatic ring is 1. The number of aromatic nitrogens is 1. The molecule has 9 heteroatoms. The maximum Gasteiger partial charge on any atom is 0.251 e. The number of rotatable bonds is 9. The molecule has 1 amide bonds. The SMILES string of the molecule is CC(Oc1cc(-c2cccc(C(=O)NCCCN3CCCC3)c2)cnc1N)c1c(F)ccc(F)c1Cl. The van der Waals surface area contributed by atoms with E-state index >= 15 is 0 Å². The van der Waals surface area contributed by atoms with Gasteiger partial charge in [-0.05, 0) is 81.7 Å². The molecule has 4 rings (SSSR count). The number of pyridine rings is 1. The number of amides is 1. The van der Waals surface area contributed by atoms with Gasteiger partial charge in [0.15, 0.2) is 11.6 Å². The van der Waals surface area contributed by atoms with Gasteiger partial charge in [-0.15, -0.1) is 0 Å². The van der Waals surface area contributed by atoms with Gasteiger partial charge in [-0.1, -0.05) is 23.7 Å². The highest BCUT2D eigenvalue weighted by Gasteiger charge is 2.21. The van der Waals surface area contributed by atoms with Gasteiger partial charge in [-0.2, -0.15) is 0 Å². The Kier molecular flexibility index (Phi) is 8.38. The van der Waals surface area contributed by atoms with Gasteiger partial charge in [-0.3, -0.25) is 4.79 Å². The van der Waals surface area contributed by atoms with Crippen molar-refractivity contribution in [3.8, 4) is 16.9 Å². The fourth-order valence-electron chi connectivity index (χ4n) is 4.33. The molecule has 0 spiro atoms. The number of nitrogens with one attached hydrogen (secondary N) is 1. The molecule has 1 unspecified atom stereocenters. The van der Waals surface area contributed by atoms with E-state index in [9.17, 15) is 13.6 Å². The Morgan fingerprint density at radius 2 is 1.92 bits per heavy atom. The van der Waals surface area contributed by atoms with E-state index in [0.29, 0.717) is 17.7 Å². The average molecular weight is 515 g/mol. The third kappa shape index (κ3) is 6.12. The second-order valence-corrected chi connectivity index (χ2v) is 9.24. The summed E-state index contributed by atoms with van der Waals surface area (Å²) in [6.45, 7) is 5.42. The molecule has 6 nitrogen and oxygen atoms in total. The van der Waals surface area contributed by atoms with Gasteiger partial charge in [0.1, 0.15) is 17.7 Å². The molecule has 36 heavy (non-hydrogen) atoms. The fourth-order valence-corrected chi connectivity index (χ4v) is 4.63. The van der Waals surface area contributed by atoms with Crippen LogP contribution in [0.4, 0.5) is 14.6 Å². The zero-order chi connectivity index (χ0) is 25.7. The molecule has 1 fully saturated rings. The maximum absolute atomic E-state index is 14.3. The van der Waals surface area contributed by atoms with E-state index in [2.05, 4.69) is 15.2 Å².